The maximum Gasteiger partial charge on any atom is 0.312 e. The zero-order chi connectivity index (χ0) is 30.5. The summed E-state index contributed by atoms with van der Waals surface area (Å²) in [5.74, 6) is -3.68. The molecule has 1 aromatic carbocycles. The molecule has 1 aliphatic heterocycles. The van der Waals surface area contributed by atoms with Crippen molar-refractivity contribution in [3.63, 3.8) is 0 Å². The molecule has 0 saturated carbocycles. The number of nitrogens with zero attached hydrogens (tertiary/aromatic N) is 1. The van der Waals surface area contributed by atoms with E-state index in [-0.39, 0.29) is 32.4 Å². The van der Waals surface area contributed by atoms with Gasteiger partial charge in [-0.2, -0.15) is 0 Å². The number of urea groups is 1. The van der Waals surface area contributed by atoms with Gasteiger partial charge in [-0.15, -0.1) is 0 Å². The largest absolute Gasteiger partial charge is 0.370 e. The first-order valence-corrected chi connectivity index (χ1v) is 13.2. The Morgan fingerprint density at radius 1 is 0.878 bits per heavy atom. The highest BCUT2D eigenvalue weighted by atomic mass is 16.2. The number of benzene rings is 1. The molecule has 0 spiro atoms. The number of anilines is 1. The standard InChI is InChI=1S/C27H37N7O7/c1-16(2)14-17-5-7-18(8-6-17)31-25(39)19(4-3-12-30-27(29)41)33-26(40)20(15-21(28)35)32-22(36)11-13-34-23(37)9-10-24(34)38/h5-10,16,19-20H,3-4,11-15H2,1-2H3,(H2,28,35)(H,31,39)(H,32,36)(H,33,40)(H3,29,30,41)/t19-,20-/m0/s1. The maximum absolute atomic E-state index is 13.1. The van der Waals surface area contributed by atoms with Crippen LogP contribution in [-0.4, -0.2) is 71.5 Å². The second-order valence-electron chi connectivity index (χ2n) is 9.98. The summed E-state index contributed by atoms with van der Waals surface area (Å²) in [6, 6.07) is 3.99. The number of hydrogen-bond donors (Lipinski definition) is 6. The summed E-state index contributed by atoms with van der Waals surface area (Å²) in [7, 11) is 0. The molecule has 41 heavy (non-hydrogen) atoms. The van der Waals surface area contributed by atoms with Gasteiger partial charge in [0.1, 0.15) is 12.1 Å². The van der Waals surface area contributed by atoms with Crippen molar-refractivity contribution in [1.29, 1.82) is 0 Å². The van der Waals surface area contributed by atoms with Crippen molar-refractivity contribution in [2.75, 3.05) is 18.4 Å². The summed E-state index contributed by atoms with van der Waals surface area (Å²) in [6.07, 6.45) is 2.50. The van der Waals surface area contributed by atoms with Gasteiger partial charge in [-0.3, -0.25) is 33.7 Å². The Morgan fingerprint density at radius 2 is 1.51 bits per heavy atom. The third-order valence-corrected chi connectivity index (χ3v) is 5.99. The molecular formula is C27H37N7O7. The number of hydrogen-bond acceptors (Lipinski definition) is 7. The summed E-state index contributed by atoms with van der Waals surface area (Å²) in [5.41, 5.74) is 11.9. The van der Waals surface area contributed by atoms with Crippen molar-refractivity contribution >= 4 is 47.2 Å². The zero-order valence-corrected chi connectivity index (χ0v) is 23.1. The van der Waals surface area contributed by atoms with Crippen molar-refractivity contribution in [3.05, 3.63) is 42.0 Å². The van der Waals surface area contributed by atoms with Gasteiger partial charge in [0.25, 0.3) is 11.8 Å². The predicted molar refractivity (Wildman–Crippen MR) is 149 cm³/mol. The van der Waals surface area contributed by atoms with Gasteiger partial charge < -0.3 is 32.7 Å². The highest BCUT2D eigenvalue weighted by Gasteiger charge is 2.29. The number of imide groups is 1. The van der Waals surface area contributed by atoms with Crippen LogP contribution in [0.5, 0.6) is 0 Å². The van der Waals surface area contributed by atoms with E-state index in [4.69, 9.17) is 11.5 Å². The molecule has 0 unspecified atom stereocenters. The van der Waals surface area contributed by atoms with E-state index in [9.17, 15) is 33.6 Å². The predicted octanol–water partition coefficient (Wildman–Crippen LogP) is -0.568. The van der Waals surface area contributed by atoms with Gasteiger partial charge >= 0.3 is 6.03 Å². The first-order chi connectivity index (χ1) is 19.3. The van der Waals surface area contributed by atoms with Gasteiger partial charge in [0.2, 0.25) is 23.6 Å². The lowest BCUT2D eigenvalue weighted by atomic mass is 10.0. The Hall–Kier alpha value is -4.75. The fourth-order valence-corrected chi connectivity index (χ4v) is 4.03. The third-order valence-electron chi connectivity index (χ3n) is 5.99. The van der Waals surface area contributed by atoms with E-state index in [1.807, 2.05) is 12.1 Å². The average molecular weight is 572 g/mol. The van der Waals surface area contributed by atoms with Crippen LogP contribution >= 0.6 is 0 Å². The molecule has 0 aromatic heterocycles. The quantitative estimate of drug-likeness (QED) is 0.112. The van der Waals surface area contributed by atoms with Crippen LogP contribution in [-0.2, 0) is 35.2 Å². The molecule has 0 bridgehead atoms. The maximum atomic E-state index is 13.1. The molecule has 1 aromatic rings. The molecule has 0 aliphatic carbocycles. The molecule has 8 N–H and O–H groups in total. The van der Waals surface area contributed by atoms with E-state index in [0.717, 1.165) is 29.0 Å². The summed E-state index contributed by atoms with van der Waals surface area (Å²) >= 11 is 0. The molecule has 222 valence electrons. The summed E-state index contributed by atoms with van der Waals surface area (Å²) < 4.78 is 0. The van der Waals surface area contributed by atoms with Crippen LogP contribution in [0.4, 0.5) is 10.5 Å². The topological polar surface area (TPSA) is 223 Å². The second kappa shape index (κ2) is 15.7. The number of carbonyl (C=O) groups excluding carboxylic acids is 7. The molecule has 2 atom stereocenters. The number of rotatable bonds is 16. The van der Waals surface area contributed by atoms with Gasteiger partial charge in [-0.1, -0.05) is 26.0 Å². The Morgan fingerprint density at radius 3 is 2.07 bits per heavy atom. The van der Waals surface area contributed by atoms with Crippen LogP contribution in [0.15, 0.2) is 36.4 Å². The SMILES string of the molecule is CC(C)Cc1ccc(NC(=O)[C@H](CCCNC(N)=O)NC(=O)[C@H](CC(N)=O)NC(=O)CCN2C(=O)C=CC2=O)cc1. The number of nitrogens with two attached hydrogens (primary N) is 2. The average Bonchev–Trinajstić information content (AvgIpc) is 3.21. The van der Waals surface area contributed by atoms with E-state index < -0.39 is 60.0 Å². The lowest BCUT2D eigenvalue weighted by Crippen LogP contribution is -2.54. The molecular weight excluding hydrogens is 534 g/mol. The van der Waals surface area contributed by atoms with Crippen molar-refractivity contribution in [3.8, 4) is 0 Å². The molecule has 2 rings (SSSR count). The molecule has 14 nitrogen and oxygen atoms in total. The molecule has 0 saturated heterocycles. The Bertz CT molecular complexity index is 1160. The molecule has 1 heterocycles. The van der Waals surface area contributed by atoms with Crippen LogP contribution in [0.25, 0.3) is 0 Å². The van der Waals surface area contributed by atoms with Crippen molar-refractivity contribution < 1.29 is 33.6 Å². The lowest BCUT2D eigenvalue weighted by Gasteiger charge is -2.23. The van der Waals surface area contributed by atoms with Gasteiger partial charge in [0, 0.05) is 37.3 Å². The molecule has 0 radical (unpaired) electrons. The van der Waals surface area contributed by atoms with Crippen LogP contribution in [0.2, 0.25) is 0 Å². The van der Waals surface area contributed by atoms with Crippen molar-refractivity contribution in [2.24, 2.45) is 17.4 Å². The van der Waals surface area contributed by atoms with Crippen LogP contribution in [0, 0.1) is 5.92 Å². The number of nitrogens with one attached hydrogen (secondary N) is 4. The van der Waals surface area contributed by atoms with Crippen molar-refractivity contribution in [1.82, 2.24) is 20.9 Å². The Kier molecular flexibility index (Phi) is 12.5. The van der Waals surface area contributed by atoms with E-state index in [1.165, 1.54) is 0 Å². The smallest absolute Gasteiger partial charge is 0.312 e. The van der Waals surface area contributed by atoms with E-state index >= 15 is 0 Å². The normalized spacial score (nSPS) is 14.0. The minimum absolute atomic E-state index is 0.0900. The van der Waals surface area contributed by atoms with Crippen molar-refractivity contribution in [2.45, 2.75) is 58.0 Å². The number of amides is 8. The molecule has 1 aliphatic rings. The molecule has 8 amide bonds. The van der Waals surface area contributed by atoms with Crippen LogP contribution in [0.1, 0.15) is 45.1 Å². The minimum atomic E-state index is -1.42. The fourth-order valence-electron chi connectivity index (χ4n) is 4.03. The van der Waals surface area contributed by atoms with Crippen LogP contribution < -0.4 is 32.7 Å². The zero-order valence-electron chi connectivity index (χ0n) is 23.1. The fraction of sp³-hybridized carbons (Fsp3) is 0.444. The van der Waals surface area contributed by atoms with E-state index in [2.05, 4.69) is 35.1 Å². The van der Waals surface area contributed by atoms with Crippen LogP contribution in [0.3, 0.4) is 0 Å². The minimum Gasteiger partial charge on any atom is -0.370 e. The Labute approximate surface area is 237 Å². The lowest BCUT2D eigenvalue weighted by molar-refractivity contribution is -0.137. The highest BCUT2D eigenvalue weighted by molar-refractivity contribution is 6.13. The molecule has 0 fully saturated rings. The summed E-state index contributed by atoms with van der Waals surface area (Å²) in [6.45, 7) is 4.10. The van der Waals surface area contributed by atoms with Gasteiger partial charge in [-0.25, -0.2) is 4.79 Å². The third kappa shape index (κ3) is 11.5. The van der Waals surface area contributed by atoms with E-state index in [1.54, 1.807) is 12.1 Å². The van der Waals surface area contributed by atoms with E-state index in [0.29, 0.717) is 11.6 Å². The number of carbonyl (C=O) groups is 7. The first-order valence-electron chi connectivity index (χ1n) is 13.2. The van der Waals surface area contributed by atoms with Gasteiger partial charge in [-0.05, 0) is 42.9 Å². The monoisotopic (exact) mass is 571 g/mol. The summed E-state index contributed by atoms with van der Waals surface area (Å²) in [4.78, 5) is 85.6. The first kappa shape index (κ1) is 32.5. The molecule has 14 heteroatoms. The number of primary amides is 2. The van der Waals surface area contributed by atoms with Gasteiger partial charge in [0.05, 0.1) is 6.42 Å². The summed E-state index contributed by atoms with van der Waals surface area (Å²) in [5, 5.41) is 10.1. The highest BCUT2D eigenvalue weighted by Crippen LogP contribution is 2.14. The second-order valence-corrected chi connectivity index (χ2v) is 9.98. The Balaban J connectivity index is 2.08. The van der Waals surface area contributed by atoms with Gasteiger partial charge in [0.15, 0.2) is 0 Å².